The van der Waals surface area contributed by atoms with Crippen LogP contribution in [-0.2, 0) is 0 Å². The van der Waals surface area contributed by atoms with E-state index in [9.17, 15) is 9.18 Å². The molecule has 1 fully saturated rings. The zero-order valence-corrected chi connectivity index (χ0v) is 14.1. The van der Waals surface area contributed by atoms with Crippen LogP contribution in [-0.4, -0.2) is 44.1 Å². The van der Waals surface area contributed by atoms with Crippen molar-refractivity contribution in [3.05, 3.63) is 58.9 Å². The summed E-state index contributed by atoms with van der Waals surface area (Å²) in [5, 5.41) is 0.698. The van der Waals surface area contributed by atoms with Gasteiger partial charge in [-0.25, -0.2) is 4.39 Å². The molecule has 24 heavy (non-hydrogen) atoms. The number of anilines is 1. The largest absolute Gasteiger partial charge is 0.496 e. The van der Waals surface area contributed by atoms with Gasteiger partial charge in [-0.2, -0.15) is 0 Å². The number of para-hydroxylation sites is 1. The van der Waals surface area contributed by atoms with Crippen molar-refractivity contribution in [1.82, 2.24) is 4.90 Å². The van der Waals surface area contributed by atoms with Crippen LogP contribution in [0.1, 0.15) is 10.4 Å². The molecule has 1 heterocycles. The van der Waals surface area contributed by atoms with Crippen LogP contribution in [0.25, 0.3) is 0 Å². The molecule has 0 atom stereocenters. The Hall–Kier alpha value is -2.27. The van der Waals surface area contributed by atoms with Gasteiger partial charge in [0.05, 0.1) is 23.4 Å². The van der Waals surface area contributed by atoms with Crippen LogP contribution in [0.4, 0.5) is 10.1 Å². The third kappa shape index (κ3) is 3.31. The molecule has 0 spiro atoms. The quantitative estimate of drug-likeness (QED) is 0.851. The van der Waals surface area contributed by atoms with Crippen LogP contribution >= 0.6 is 11.6 Å². The summed E-state index contributed by atoms with van der Waals surface area (Å²) in [6.07, 6.45) is 0. The summed E-state index contributed by atoms with van der Waals surface area (Å²) in [6.45, 7) is 2.44. The van der Waals surface area contributed by atoms with Crippen molar-refractivity contribution < 1.29 is 13.9 Å². The van der Waals surface area contributed by atoms with Gasteiger partial charge in [-0.3, -0.25) is 4.79 Å². The maximum atomic E-state index is 13.5. The Labute approximate surface area is 145 Å². The van der Waals surface area contributed by atoms with Gasteiger partial charge in [0.15, 0.2) is 0 Å². The molecule has 0 N–H and O–H groups in total. The molecule has 1 amide bonds. The number of hydrogen-bond donors (Lipinski definition) is 0. The van der Waals surface area contributed by atoms with Crippen LogP contribution < -0.4 is 9.64 Å². The van der Waals surface area contributed by atoms with E-state index in [-0.39, 0.29) is 11.5 Å². The first-order valence-electron chi connectivity index (χ1n) is 7.72. The molecule has 4 nitrogen and oxygen atoms in total. The maximum Gasteiger partial charge on any atom is 0.257 e. The number of benzene rings is 2. The highest BCUT2D eigenvalue weighted by Gasteiger charge is 2.25. The van der Waals surface area contributed by atoms with Crippen LogP contribution in [0.5, 0.6) is 5.75 Å². The minimum Gasteiger partial charge on any atom is -0.496 e. The zero-order chi connectivity index (χ0) is 17.1. The van der Waals surface area contributed by atoms with Gasteiger partial charge in [-0.1, -0.05) is 23.7 Å². The topological polar surface area (TPSA) is 32.8 Å². The van der Waals surface area contributed by atoms with Crippen molar-refractivity contribution in [2.45, 2.75) is 0 Å². The van der Waals surface area contributed by atoms with Gasteiger partial charge in [0.1, 0.15) is 11.6 Å². The first kappa shape index (κ1) is 16.6. The third-order valence-corrected chi connectivity index (χ3v) is 4.47. The maximum absolute atomic E-state index is 13.5. The summed E-state index contributed by atoms with van der Waals surface area (Å²) in [5.74, 6) is -0.283. The smallest absolute Gasteiger partial charge is 0.257 e. The fraction of sp³-hybridized carbons (Fsp3) is 0.278. The monoisotopic (exact) mass is 348 g/mol. The number of carbonyl (C=O) groups is 1. The highest BCUT2D eigenvalue weighted by Crippen LogP contribution is 2.27. The molecule has 1 aliphatic rings. The van der Waals surface area contributed by atoms with Crippen molar-refractivity contribution in [1.29, 1.82) is 0 Å². The summed E-state index contributed by atoms with van der Waals surface area (Å²) >= 11 is 6.23. The average molecular weight is 349 g/mol. The van der Waals surface area contributed by atoms with Gasteiger partial charge in [-0.05, 0) is 30.3 Å². The Kier molecular flexibility index (Phi) is 4.90. The minimum absolute atomic E-state index is 0.217. The predicted molar refractivity (Wildman–Crippen MR) is 92.5 cm³/mol. The Morgan fingerprint density at radius 2 is 1.83 bits per heavy atom. The van der Waals surface area contributed by atoms with Crippen LogP contribution in [0, 0.1) is 5.82 Å². The Bertz CT molecular complexity index is 746. The lowest BCUT2D eigenvalue weighted by molar-refractivity contribution is 0.0743. The molecule has 0 aliphatic carbocycles. The van der Waals surface area contributed by atoms with Crippen molar-refractivity contribution in [3.63, 3.8) is 0 Å². The molecule has 0 aromatic heterocycles. The second kappa shape index (κ2) is 7.09. The molecule has 1 aliphatic heterocycles. The molecular formula is C18H18ClFN2O2. The average Bonchev–Trinajstić information content (AvgIpc) is 2.62. The van der Waals surface area contributed by atoms with Gasteiger partial charge >= 0.3 is 0 Å². The second-order valence-electron chi connectivity index (χ2n) is 5.58. The van der Waals surface area contributed by atoms with E-state index in [0.29, 0.717) is 37.0 Å². The lowest BCUT2D eigenvalue weighted by atomic mass is 10.1. The van der Waals surface area contributed by atoms with Crippen molar-refractivity contribution >= 4 is 23.2 Å². The molecule has 0 bridgehead atoms. The molecule has 3 rings (SSSR count). The highest BCUT2D eigenvalue weighted by molar-refractivity contribution is 6.33. The summed E-state index contributed by atoms with van der Waals surface area (Å²) in [6, 6.07) is 11.6. The van der Waals surface area contributed by atoms with Gasteiger partial charge in [0, 0.05) is 26.2 Å². The molecule has 6 heteroatoms. The number of piperazine rings is 1. The number of nitrogens with zero attached hydrogens (tertiary/aromatic N) is 2. The van der Waals surface area contributed by atoms with Gasteiger partial charge in [0.2, 0.25) is 0 Å². The molecule has 126 valence electrons. The molecular weight excluding hydrogens is 331 g/mol. The number of rotatable bonds is 3. The lowest BCUT2D eigenvalue weighted by Gasteiger charge is -2.36. The van der Waals surface area contributed by atoms with Gasteiger partial charge in [0.25, 0.3) is 5.91 Å². The predicted octanol–water partition coefficient (Wildman–Crippen LogP) is 3.45. The van der Waals surface area contributed by atoms with E-state index in [1.807, 2.05) is 24.3 Å². The molecule has 0 saturated carbocycles. The fourth-order valence-electron chi connectivity index (χ4n) is 2.88. The minimum atomic E-state index is -0.450. The number of methoxy groups -OCH3 is 1. The second-order valence-corrected chi connectivity index (χ2v) is 5.98. The molecule has 0 radical (unpaired) electrons. The van der Waals surface area contributed by atoms with Gasteiger partial charge < -0.3 is 14.5 Å². The SMILES string of the molecule is COc1ccc(F)cc1C(=O)N1CCN(c2ccccc2Cl)CC1. The van der Waals surface area contributed by atoms with Crippen LogP contribution in [0.2, 0.25) is 5.02 Å². The Morgan fingerprint density at radius 1 is 1.12 bits per heavy atom. The zero-order valence-electron chi connectivity index (χ0n) is 13.3. The van der Waals surface area contributed by atoms with E-state index in [2.05, 4.69) is 4.90 Å². The van der Waals surface area contributed by atoms with Crippen molar-refractivity contribution in [2.24, 2.45) is 0 Å². The fourth-order valence-corrected chi connectivity index (χ4v) is 3.13. The van der Waals surface area contributed by atoms with E-state index in [4.69, 9.17) is 16.3 Å². The van der Waals surface area contributed by atoms with E-state index in [0.717, 1.165) is 5.69 Å². The van der Waals surface area contributed by atoms with E-state index >= 15 is 0 Å². The molecule has 0 unspecified atom stereocenters. The van der Waals surface area contributed by atoms with Crippen LogP contribution in [0.3, 0.4) is 0 Å². The van der Waals surface area contributed by atoms with E-state index < -0.39 is 5.82 Å². The Balaban J connectivity index is 1.72. The number of carbonyl (C=O) groups excluding carboxylic acids is 1. The summed E-state index contributed by atoms with van der Waals surface area (Å²) in [7, 11) is 1.47. The van der Waals surface area contributed by atoms with Crippen molar-refractivity contribution in [2.75, 3.05) is 38.2 Å². The molecule has 1 saturated heterocycles. The highest BCUT2D eigenvalue weighted by atomic mass is 35.5. The number of ether oxygens (including phenoxy) is 1. The van der Waals surface area contributed by atoms with E-state index in [1.165, 1.54) is 25.3 Å². The standard InChI is InChI=1S/C18H18ClFN2O2/c1-24-17-7-6-13(20)12-14(17)18(23)22-10-8-21(9-11-22)16-5-3-2-4-15(16)19/h2-7,12H,8-11H2,1H3. The normalized spacial score (nSPS) is 14.6. The van der Waals surface area contributed by atoms with E-state index in [1.54, 1.807) is 4.90 Å². The summed E-state index contributed by atoms with van der Waals surface area (Å²) in [4.78, 5) is 16.5. The number of hydrogen-bond acceptors (Lipinski definition) is 3. The summed E-state index contributed by atoms with van der Waals surface area (Å²) < 4.78 is 18.7. The first-order valence-corrected chi connectivity index (χ1v) is 8.10. The summed E-state index contributed by atoms with van der Waals surface area (Å²) in [5.41, 5.74) is 1.22. The van der Waals surface area contributed by atoms with Crippen LogP contribution in [0.15, 0.2) is 42.5 Å². The van der Waals surface area contributed by atoms with Crippen molar-refractivity contribution in [3.8, 4) is 5.75 Å². The Morgan fingerprint density at radius 3 is 2.50 bits per heavy atom. The third-order valence-electron chi connectivity index (χ3n) is 4.15. The first-order chi connectivity index (χ1) is 11.6. The lowest BCUT2D eigenvalue weighted by Crippen LogP contribution is -2.49. The number of halogens is 2. The molecule has 2 aromatic rings. The number of amides is 1. The van der Waals surface area contributed by atoms with Gasteiger partial charge in [-0.15, -0.1) is 0 Å². The molecule has 2 aromatic carbocycles.